The molecule has 16 heavy (non-hydrogen) atoms. The molecule has 3 nitrogen and oxygen atoms in total. The van der Waals surface area contributed by atoms with E-state index in [0.717, 1.165) is 31.6 Å². The Morgan fingerprint density at radius 3 is 3.19 bits per heavy atom. The molecule has 2 rings (SSSR count). The Bertz CT molecular complexity index is 267. The fourth-order valence-electron chi connectivity index (χ4n) is 2.37. The lowest BCUT2D eigenvalue weighted by atomic mass is 10.00. The largest absolute Gasteiger partial charge is 0.378 e. The first-order chi connectivity index (χ1) is 7.86. The summed E-state index contributed by atoms with van der Waals surface area (Å²) in [5.74, 6) is 0.324. The number of hydrogen-bond donors (Lipinski definition) is 1. The second-order valence-electron chi connectivity index (χ2n) is 4.68. The van der Waals surface area contributed by atoms with Gasteiger partial charge in [0.2, 0.25) is 0 Å². The number of ether oxygens (including phenoxy) is 1. The smallest absolute Gasteiger partial charge is 0.160 e. The van der Waals surface area contributed by atoms with Crippen molar-refractivity contribution in [2.24, 2.45) is 0 Å². The zero-order valence-corrected chi connectivity index (χ0v) is 9.84. The fourth-order valence-corrected chi connectivity index (χ4v) is 2.37. The Balaban J connectivity index is 1.83. The van der Waals surface area contributed by atoms with E-state index in [0.29, 0.717) is 18.8 Å². The number of Topliss-reactive ketones (excluding diaryl/α,β-unsaturated/α-hetero) is 1. The van der Waals surface area contributed by atoms with Crippen LogP contribution in [0.15, 0.2) is 11.6 Å². The summed E-state index contributed by atoms with van der Waals surface area (Å²) in [7, 11) is 0. The molecular formula is C13H21NO2. The molecule has 0 spiro atoms. The molecule has 0 bridgehead atoms. The predicted molar refractivity (Wildman–Crippen MR) is 63.4 cm³/mol. The molecule has 1 aliphatic carbocycles. The number of nitrogens with one attached hydrogen (secondary N) is 1. The maximum absolute atomic E-state index is 12.1. The first kappa shape index (κ1) is 11.8. The lowest BCUT2D eigenvalue weighted by Gasteiger charge is -2.23. The maximum Gasteiger partial charge on any atom is 0.160 e. The van der Waals surface area contributed by atoms with Crippen LogP contribution < -0.4 is 5.32 Å². The van der Waals surface area contributed by atoms with Gasteiger partial charge in [0.1, 0.15) is 0 Å². The Morgan fingerprint density at radius 2 is 2.38 bits per heavy atom. The van der Waals surface area contributed by atoms with Gasteiger partial charge in [0.05, 0.1) is 13.2 Å². The highest BCUT2D eigenvalue weighted by molar-refractivity contribution is 5.95. The van der Waals surface area contributed by atoms with Gasteiger partial charge in [-0.05, 0) is 31.3 Å². The fraction of sp³-hybridized carbons (Fsp3) is 0.769. The number of morpholine rings is 1. The Morgan fingerprint density at radius 1 is 1.44 bits per heavy atom. The number of carbonyl (C=O) groups excluding carboxylic acids is 1. The Hall–Kier alpha value is -0.670. The van der Waals surface area contributed by atoms with E-state index in [1.165, 1.54) is 19.3 Å². The van der Waals surface area contributed by atoms with E-state index in [1.54, 1.807) is 0 Å². The zero-order chi connectivity index (χ0) is 11.2. The topological polar surface area (TPSA) is 38.3 Å². The molecule has 1 fully saturated rings. The van der Waals surface area contributed by atoms with E-state index >= 15 is 0 Å². The first-order valence-corrected chi connectivity index (χ1v) is 6.39. The number of ketones is 1. The number of rotatable bonds is 3. The highest BCUT2D eigenvalue weighted by Crippen LogP contribution is 2.19. The molecule has 0 aromatic heterocycles. The molecule has 1 aliphatic heterocycles. The minimum atomic E-state index is 0.227. The van der Waals surface area contributed by atoms with Crippen molar-refractivity contribution in [3.8, 4) is 0 Å². The second-order valence-corrected chi connectivity index (χ2v) is 4.68. The van der Waals surface area contributed by atoms with Crippen LogP contribution in [-0.4, -0.2) is 31.6 Å². The van der Waals surface area contributed by atoms with Gasteiger partial charge in [-0.3, -0.25) is 4.79 Å². The molecule has 90 valence electrons. The van der Waals surface area contributed by atoms with Crippen LogP contribution in [0.25, 0.3) is 0 Å². The van der Waals surface area contributed by atoms with E-state index < -0.39 is 0 Å². The summed E-state index contributed by atoms with van der Waals surface area (Å²) in [6, 6.07) is 0.227. The van der Waals surface area contributed by atoms with Crippen molar-refractivity contribution in [1.29, 1.82) is 0 Å². The summed E-state index contributed by atoms with van der Waals surface area (Å²) in [5, 5.41) is 3.33. The molecule has 1 saturated heterocycles. The van der Waals surface area contributed by atoms with Crippen LogP contribution >= 0.6 is 0 Å². The quantitative estimate of drug-likeness (QED) is 0.793. The van der Waals surface area contributed by atoms with Crippen LogP contribution in [0.3, 0.4) is 0 Å². The van der Waals surface area contributed by atoms with Crippen molar-refractivity contribution in [2.45, 2.75) is 44.6 Å². The summed E-state index contributed by atoms with van der Waals surface area (Å²) in [6.45, 7) is 2.32. The molecule has 0 saturated carbocycles. The third-order valence-electron chi connectivity index (χ3n) is 3.33. The van der Waals surface area contributed by atoms with Gasteiger partial charge in [-0.2, -0.15) is 0 Å². The average Bonchev–Trinajstić information content (AvgIpc) is 2.59. The summed E-state index contributed by atoms with van der Waals surface area (Å²) in [6.07, 6.45) is 8.48. The van der Waals surface area contributed by atoms with Crippen LogP contribution in [0.5, 0.6) is 0 Å². The van der Waals surface area contributed by atoms with Crippen molar-refractivity contribution >= 4 is 5.78 Å². The molecule has 1 unspecified atom stereocenters. The van der Waals surface area contributed by atoms with Crippen LogP contribution in [0.2, 0.25) is 0 Å². The number of hydrogen-bond acceptors (Lipinski definition) is 3. The van der Waals surface area contributed by atoms with Gasteiger partial charge < -0.3 is 10.1 Å². The third-order valence-corrected chi connectivity index (χ3v) is 3.33. The molecule has 0 amide bonds. The normalized spacial score (nSPS) is 27.0. The van der Waals surface area contributed by atoms with E-state index in [9.17, 15) is 4.79 Å². The van der Waals surface area contributed by atoms with Gasteiger partial charge in [0, 0.05) is 19.0 Å². The molecule has 1 heterocycles. The lowest BCUT2D eigenvalue weighted by Crippen LogP contribution is -2.42. The average molecular weight is 223 g/mol. The molecular weight excluding hydrogens is 202 g/mol. The molecule has 0 radical (unpaired) electrons. The summed E-state index contributed by atoms with van der Waals surface area (Å²) in [5.41, 5.74) is 1.06. The van der Waals surface area contributed by atoms with Gasteiger partial charge in [-0.25, -0.2) is 0 Å². The van der Waals surface area contributed by atoms with Crippen molar-refractivity contribution < 1.29 is 9.53 Å². The minimum absolute atomic E-state index is 0.227. The molecule has 1 N–H and O–H groups in total. The molecule has 3 heteroatoms. The first-order valence-electron chi connectivity index (χ1n) is 6.39. The van der Waals surface area contributed by atoms with Crippen molar-refractivity contribution in [2.75, 3.05) is 19.8 Å². The summed E-state index contributed by atoms with van der Waals surface area (Å²) >= 11 is 0. The van der Waals surface area contributed by atoms with E-state index in [-0.39, 0.29) is 6.04 Å². The van der Waals surface area contributed by atoms with Crippen molar-refractivity contribution in [3.05, 3.63) is 11.6 Å². The Kier molecular flexibility index (Phi) is 4.55. The lowest BCUT2D eigenvalue weighted by molar-refractivity contribution is -0.116. The van der Waals surface area contributed by atoms with Crippen LogP contribution in [0, 0.1) is 0 Å². The van der Waals surface area contributed by atoms with Gasteiger partial charge in [0.25, 0.3) is 0 Å². The van der Waals surface area contributed by atoms with Crippen molar-refractivity contribution in [3.63, 3.8) is 0 Å². The third kappa shape index (κ3) is 3.42. The molecule has 0 aromatic carbocycles. The second kappa shape index (κ2) is 6.16. The van der Waals surface area contributed by atoms with Gasteiger partial charge >= 0.3 is 0 Å². The van der Waals surface area contributed by atoms with Crippen LogP contribution in [0.1, 0.15) is 38.5 Å². The summed E-state index contributed by atoms with van der Waals surface area (Å²) in [4.78, 5) is 12.1. The van der Waals surface area contributed by atoms with E-state index in [1.807, 2.05) is 0 Å². The van der Waals surface area contributed by atoms with Gasteiger partial charge in [0.15, 0.2) is 5.78 Å². The van der Waals surface area contributed by atoms with E-state index in [4.69, 9.17) is 4.74 Å². The number of carbonyl (C=O) groups is 1. The van der Waals surface area contributed by atoms with Gasteiger partial charge in [-0.15, -0.1) is 0 Å². The van der Waals surface area contributed by atoms with Crippen LogP contribution in [0.4, 0.5) is 0 Å². The zero-order valence-electron chi connectivity index (χ0n) is 9.84. The monoisotopic (exact) mass is 223 g/mol. The minimum Gasteiger partial charge on any atom is -0.378 e. The Labute approximate surface area is 97.2 Å². The molecule has 2 aliphatic rings. The van der Waals surface area contributed by atoms with Crippen LogP contribution in [-0.2, 0) is 9.53 Å². The molecule has 1 atom stereocenters. The highest BCUT2D eigenvalue weighted by Gasteiger charge is 2.19. The van der Waals surface area contributed by atoms with Crippen molar-refractivity contribution in [1.82, 2.24) is 5.32 Å². The van der Waals surface area contributed by atoms with E-state index in [2.05, 4.69) is 11.4 Å². The predicted octanol–water partition coefficient (Wildman–Crippen LogP) is 1.82. The van der Waals surface area contributed by atoms with Gasteiger partial charge in [-0.1, -0.05) is 12.5 Å². The standard InChI is InChI=1S/C13H21NO2/c15-13(9-12-10-16-8-7-14-12)11-5-3-1-2-4-6-11/h5,12,14H,1-4,6-10H2. The SMILES string of the molecule is O=C(CC1COCCN1)C1=CCCCCC1. The number of allylic oxidation sites excluding steroid dienone is 2. The highest BCUT2D eigenvalue weighted by atomic mass is 16.5. The maximum atomic E-state index is 12.1. The summed E-state index contributed by atoms with van der Waals surface area (Å²) < 4.78 is 5.36. The molecule has 0 aromatic rings.